The van der Waals surface area contributed by atoms with E-state index in [1.54, 1.807) is 21.3 Å². The molecule has 0 spiro atoms. The van der Waals surface area contributed by atoms with Gasteiger partial charge in [-0.05, 0) is 16.8 Å². The minimum atomic E-state index is -2.93. The molecule has 2 rings (SSSR count). The van der Waals surface area contributed by atoms with Crippen molar-refractivity contribution >= 4 is 30.5 Å². The number of rotatable bonds is 4. The molecule has 0 saturated heterocycles. The van der Waals surface area contributed by atoms with E-state index in [1.165, 1.54) is 0 Å². The van der Waals surface area contributed by atoms with Crippen molar-refractivity contribution in [3.63, 3.8) is 0 Å². The van der Waals surface area contributed by atoms with Gasteiger partial charge >= 0.3 is 8.80 Å². The summed E-state index contributed by atoms with van der Waals surface area (Å²) < 4.78 is 16.6. The van der Waals surface area contributed by atoms with Gasteiger partial charge in [-0.15, -0.1) is 0 Å². The van der Waals surface area contributed by atoms with E-state index in [-0.39, 0.29) is 0 Å². The lowest BCUT2D eigenvalue weighted by molar-refractivity contribution is 0.141. The van der Waals surface area contributed by atoms with Crippen molar-refractivity contribution in [2.24, 2.45) is 0 Å². The number of fused-ring (bicyclic) bond motifs is 1. The zero-order valence-corrected chi connectivity index (χ0v) is 11.8. The molecule has 2 N–H and O–H groups in total. The van der Waals surface area contributed by atoms with Gasteiger partial charge in [-0.1, -0.05) is 30.3 Å². The summed E-state index contributed by atoms with van der Waals surface area (Å²) in [5, 5.41) is 2.92. The Morgan fingerprint density at radius 2 is 1.50 bits per heavy atom. The predicted molar refractivity (Wildman–Crippen MR) is 74.8 cm³/mol. The summed E-state index contributed by atoms with van der Waals surface area (Å²) in [6.45, 7) is 0. The summed E-state index contributed by atoms with van der Waals surface area (Å²) in [4.78, 5) is 0. The van der Waals surface area contributed by atoms with Crippen LogP contribution in [0.3, 0.4) is 0 Å². The van der Waals surface area contributed by atoms with Crippen LogP contribution in [0.4, 0.5) is 5.69 Å². The van der Waals surface area contributed by atoms with E-state index in [0.29, 0.717) is 5.69 Å². The fourth-order valence-corrected chi connectivity index (χ4v) is 4.29. The average molecular weight is 263 g/mol. The molecule has 96 valence electrons. The summed E-state index contributed by atoms with van der Waals surface area (Å²) >= 11 is 0. The SMILES string of the molecule is CO[Si](OC)(OC)c1c(N)ccc2ccccc12. The third-order valence-corrected chi connectivity index (χ3v) is 5.86. The first kappa shape index (κ1) is 13.0. The molecular formula is C13H17NO3Si. The first-order valence-corrected chi connectivity index (χ1v) is 7.34. The third kappa shape index (κ3) is 1.91. The van der Waals surface area contributed by atoms with Gasteiger partial charge in [0.25, 0.3) is 0 Å². The van der Waals surface area contributed by atoms with Crippen LogP contribution >= 0.6 is 0 Å². The first-order valence-electron chi connectivity index (χ1n) is 5.61. The van der Waals surface area contributed by atoms with Crippen LogP contribution < -0.4 is 10.9 Å². The van der Waals surface area contributed by atoms with Crippen LogP contribution in [0.15, 0.2) is 36.4 Å². The Balaban J connectivity index is 2.79. The monoisotopic (exact) mass is 263 g/mol. The molecule has 0 aliphatic carbocycles. The molecule has 0 fully saturated rings. The largest absolute Gasteiger partial charge is 0.539 e. The molecule has 0 radical (unpaired) electrons. The van der Waals surface area contributed by atoms with Crippen LogP contribution in [0, 0.1) is 0 Å². The lowest BCUT2D eigenvalue weighted by Crippen LogP contribution is -2.55. The molecule has 0 atom stereocenters. The Labute approximate surface area is 108 Å². The topological polar surface area (TPSA) is 53.7 Å². The number of anilines is 1. The van der Waals surface area contributed by atoms with Crippen molar-refractivity contribution in [3.8, 4) is 0 Å². The van der Waals surface area contributed by atoms with Crippen molar-refractivity contribution in [2.75, 3.05) is 27.1 Å². The highest BCUT2D eigenvalue weighted by atomic mass is 28.4. The molecule has 4 nitrogen and oxygen atoms in total. The normalized spacial score (nSPS) is 11.9. The highest BCUT2D eigenvalue weighted by Crippen LogP contribution is 2.21. The van der Waals surface area contributed by atoms with E-state index in [0.717, 1.165) is 16.0 Å². The lowest BCUT2D eigenvalue weighted by atomic mass is 10.1. The zero-order chi connectivity index (χ0) is 13.2. The van der Waals surface area contributed by atoms with Gasteiger partial charge in [0.05, 0.1) is 5.19 Å². The van der Waals surface area contributed by atoms with E-state index >= 15 is 0 Å². The fourth-order valence-electron chi connectivity index (χ4n) is 2.19. The zero-order valence-electron chi connectivity index (χ0n) is 10.8. The second-order valence-electron chi connectivity index (χ2n) is 3.92. The van der Waals surface area contributed by atoms with Crippen molar-refractivity contribution < 1.29 is 13.3 Å². The molecule has 0 heterocycles. The Kier molecular flexibility index (Phi) is 3.67. The molecule has 0 saturated carbocycles. The lowest BCUT2D eigenvalue weighted by Gasteiger charge is -2.27. The highest BCUT2D eigenvalue weighted by Gasteiger charge is 2.43. The molecule has 0 aromatic heterocycles. The van der Waals surface area contributed by atoms with Gasteiger partial charge in [0.15, 0.2) is 0 Å². The molecule has 0 aliphatic heterocycles. The van der Waals surface area contributed by atoms with Crippen LogP contribution in [0.1, 0.15) is 0 Å². The molecule has 5 heteroatoms. The molecule has 0 unspecified atom stereocenters. The van der Waals surface area contributed by atoms with Crippen molar-refractivity contribution in [3.05, 3.63) is 36.4 Å². The Bertz CT molecular complexity index is 547. The van der Waals surface area contributed by atoms with Crippen molar-refractivity contribution in [1.29, 1.82) is 0 Å². The maximum atomic E-state index is 6.09. The van der Waals surface area contributed by atoms with Gasteiger partial charge < -0.3 is 19.0 Å². The minimum Gasteiger partial charge on any atom is -0.399 e. The van der Waals surface area contributed by atoms with Crippen LogP contribution in [-0.4, -0.2) is 30.1 Å². The summed E-state index contributed by atoms with van der Waals surface area (Å²) in [6, 6.07) is 11.8. The predicted octanol–water partition coefficient (Wildman–Crippen LogP) is 1.51. The third-order valence-electron chi connectivity index (χ3n) is 3.07. The molecule has 2 aromatic rings. The molecule has 0 bridgehead atoms. The molecule has 0 aliphatic rings. The summed E-state index contributed by atoms with van der Waals surface area (Å²) in [7, 11) is 1.82. The second kappa shape index (κ2) is 5.07. The van der Waals surface area contributed by atoms with E-state index in [2.05, 4.69) is 0 Å². The van der Waals surface area contributed by atoms with Gasteiger partial charge in [-0.25, -0.2) is 0 Å². The van der Waals surface area contributed by atoms with Crippen molar-refractivity contribution in [1.82, 2.24) is 0 Å². The summed E-state index contributed by atoms with van der Waals surface area (Å²) in [5.74, 6) is 0. The fraction of sp³-hybridized carbons (Fsp3) is 0.231. The number of hydrogen-bond donors (Lipinski definition) is 1. The summed E-state index contributed by atoms with van der Waals surface area (Å²) in [5.41, 5.74) is 6.72. The number of benzene rings is 2. The van der Waals surface area contributed by atoms with Gasteiger partial charge in [-0.2, -0.15) is 0 Å². The average Bonchev–Trinajstić information content (AvgIpc) is 2.43. The number of hydrogen-bond acceptors (Lipinski definition) is 4. The number of nitrogen functional groups attached to an aromatic ring is 1. The highest BCUT2D eigenvalue weighted by molar-refractivity contribution is 6.79. The minimum absolute atomic E-state index is 0.630. The quantitative estimate of drug-likeness (QED) is 0.671. The summed E-state index contributed by atoms with van der Waals surface area (Å²) in [6.07, 6.45) is 0. The van der Waals surface area contributed by atoms with Gasteiger partial charge in [0.2, 0.25) is 0 Å². The van der Waals surface area contributed by atoms with E-state index < -0.39 is 8.80 Å². The number of nitrogens with two attached hydrogens (primary N) is 1. The Hall–Kier alpha value is -1.40. The van der Waals surface area contributed by atoms with Crippen molar-refractivity contribution in [2.45, 2.75) is 0 Å². The molecular weight excluding hydrogens is 246 g/mol. The standard InChI is InChI=1S/C13H17NO3Si/c1-15-18(16-2,17-3)13-11-7-5-4-6-10(11)8-9-12(13)14/h4-9H,14H2,1-3H3. The maximum Gasteiger partial charge on any atom is 0.539 e. The van der Waals surface area contributed by atoms with E-state index in [1.807, 2.05) is 36.4 Å². The molecule has 18 heavy (non-hydrogen) atoms. The Morgan fingerprint density at radius 1 is 0.889 bits per heavy atom. The van der Waals surface area contributed by atoms with E-state index in [4.69, 9.17) is 19.0 Å². The van der Waals surface area contributed by atoms with Gasteiger partial charge in [0.1, 0.15) is 0 Å². The van der Waals surface area contributed by atoms with Crippen LogP contribution in [0.25, 0.3) is 10.8 Å². The van der Waals surface area contributed by atoms with Crippen LogP contribution in [0.2, 0.25) is 0 Å². The smallest absolute Gasteiger partial charge is 0.399 e. The second-order valence-corrected chi connectivity index (χ2v) is 6.76. The molecule has 2 aromatic carbocycles. The van der Waals surface area contributed by atoms with E-state index in [9.17, 15) is 0 Å². The maximum absolute atomic E-state index is 6.09. The van der Waals surface area contributed by atoms with Gasteiger partial charge in [0, 0.05) is 27.0 Å². The first-order chi connectivity index (χ1) is 8.68. The van der Waals surface area contributed by atoms with Crippen LogP contribution in [-0.2, 0) is 13.3 Å². The Morgan fingerprint density at radius 3 is 2.11 bits per heavy atom. The molecule has 0 amide bonds. The van der Waals surface area contributed by atoms with Gasteiger partial charge in [-0.3, -0.25) is 0 Å². The van der Waals surface area contributed by atoms with Crippen LogP contribution in [0.5, 0.6) is 0 Å².